The van der Waals surface area contributed by atoms with Crippen molar-refractivity contribution in [2.45, 2.75) is 32.7 Å². The van der Waals surface area contributed by atoms with Crippen LogP contribution in [0.1, 0.15) is 26.7 Å². The molecule has 1 rings (SSSR count). The summed E-state index contributed by atoms with van der Waals surface area (Å²) >= 11 is 3.36. The molecule has 1 aliphatic carbocycles. The van der Waals surface area contributed by atoms with E-state index < -0.39 is 0 Å². The Kier molecular flexibility index (Phi) is 3.78. The molecule has 0 aromatic rings. The predicted molar refractivity (Wildman–Crippen MR) is 57.4 cm³/mol. The van der Waals surface area contributed by atoms with Gasteiger partial charge in [-0.05, 0) is 24.7 Å². The van der Waals surface area contributed by atoms with Crippen molar-refractivity contribution in [3.63, 3.8) is 0 Å². The Morgan fingerprint density at radius 2 is 2.17 bits per heavy atom. The highest BCUT2D eigenvalue weighted by Gasteiger charge is 2.28. The van der Waals surface area contributed by atoms with Gasteiger partial charge in [0, 0.05) is 17.1 Å². The van der Waals surface area contributed by atoms with Crippen molar-refractivity contribution in [2.24, 2.45) is 11.8 Å². The highest BCUT2D eigenvalue weighted by atomic mass is 79.9. The molecule has 1 fully saturated rings. The Labute approximate surface area is 83.7 Å². The molecule has 1 N–H and O–H groups in total. The van der Waals surface area contributed by atoms with Gasteiger partial charge in [-0.15, -0.1) is 0 Å². The second-order valence-corrected chi connectivity index (χ2v) is 5.04. The van der Waals surface area contributed by atoms with Gasteiger partial charge in [0.05, 0.1) is 0 Å². The van der Waals surface area contributed by atoms with Crippen LogP contribution in [0.25, 0.3) is 0 Å². The molecule has 70 valence electrons. The SMILES string of the molecule is C=C(Br)CNC1CCC(C)C1C. The third-order valence-corrected chi connectivity index (χ3v) is 3.30. The lowest BCUT2D eigenvalue weighted by Gasteiger charge is -2.19. The van der Waals surface area contributed by atoms with Crippen LogP contribution in [0.4, 0.5) is 0 Å². The van der Waals surface area contributed by atoms with E-state index in [-0.39, 0.29) is 0 Å². The number of rotatable bonds is 3. The molecule has 0 heterocycles. The maximum atomic E-state index is 3.81. The van der Waals surface area contributed by atoms with E-state index in [0.29, 0.717) is 6.04 Å². The monoisotopic (exact) mass is 231 g/mol. The molecule has 3 atom stereocenters. The van der Waals surface area contributed by atoms with Gasteiger partial charge in [0.2, 0.25) is 0 Å². The fourth-order valence-electron chi connectivity index (χ4n) is 1.89. The van der Waals surface area contributed by atoms with Crippen molar-refractivity contribution in [2.75, 3.05) is 6.54 Å². The molecule has 3 unspecified atom stereocenters. The largest absolute Gasteiger partial charge is 0.309 e. The van der Waals surface area contributed by atoms with Crippen molar-refractivity contribution < 1.29 is 0 Å². The van der Waals surface area contributed by atoms with Crippen LogP contribution in [-0.2, 0) is 0 Å². The summed E-state index contributed by atoms with van der Waals surface area (Å²) in [4.78, 5) is 0. The molecule has 0 aliphatic heterocycles. The standard InChI is InChI=1S/C10H18BrN/c1-7-4-5-10(9(7)3)12-6-8(2)11/h7,9-10,12H,2,4-6H2,1,3H3. The molecule has 0 saturated heterocycles. The van der Waals surface area contributed by atoms with Gasteiger partial charge in [-0.3, -0.25) is 0 Å². The van der Waals surface area contributed by atoms with E-state index in [1.807, 2.05) is 0 Å². The van der Waals surface area contributed by atoms with Crippen LogP contribution in [0, 0.1) is 11.8 Å². The maximum Gasteiger partial charge on any atom is 0.0268 e. The number of hydrogen-bond donors (Lipinski definition) is 1. The molecule has 0 amide bonds. The Hall–Kier alpha value is 0.180. The van der Waals surface area contributed by atoms with E-state index in [1.54, 1.807) is 0 Å². The third-order valence-electron chi connectivity index (χ3n) is 3.02. The molecule has 1 saturated carbocycles. The Bertz CT molecular complexity index is 167. The van der Waals surface area contributed by atoms with Crippen LogP contribution in [0.3, 0.4) is 0 Å². The summed E-state index contributed by atoms with van der Waals surface area (Å²) in [6.07, 6.45) is 2.69. The minimum absolute atomic E-state index is 0.703. The quantitative estimate of drug-likeness (QED) is 0.788. The Morgan fingerprint density at radius 1 is 1.50 bits per heavy atom. The van der Waals surface area contributed by atoms with Crippen molar-refractivity contribution >= 4 is 15.9 Å². The molecule has 2 heteroatoms. The number of halogens is 1. The van der Waals surface area contributed by atoms with Crippen molar-refractivity contribution in [1.29, 1.82) is 0 Å². The van der Waals surface area contributed by atoms with Crippen LogP contribution in [0.5, 0.6) is 0 Å². The van der Waals surface area contributed by atoms with Crippen molar-refractivity contribution in [1.82, 2.24) is 5.32 Å². The fourth-order valence-corrected chi connectivity index (χ4v) is 2.06. The van der Waals surface area contributed by atoms with Gasteiger partial charge in [0.1, 0.15) is 0 Å². The van der Waals surface area contributed by atoms with E-state index in [4.69, 9.17) is 0 Å². The zero-order valence-electron chi connectivity index (χ0n) is 7.94. The molecular weight excluding hydrogens is 214 g/mol. The molecule has 1 aliphatic rings. The number of hydrogen-bond acceptors (Lipinski definition) is 1. The van der Waals surface area contributed by atoms with Crippen LogP contribution in [0.2, 0.25) is 0 Å². The van der Waals surface area contributed by atoms with Gasteiger partial charge in [0.25, 0.3) is 0 Å². The van der Waals surface area contributed by atoms with E-state index in [2.05, 4.69) is 41.7 Å². The first kappa shape index (κ1) is 10.3. The number of nitrogens with one attached hydrogen (secondary N) is 1. The topological polar surface area (TPSA) is 12.0 Å². The highest BCUT2D eigenvalue weighted by Crippen LogP contribution is 2.31. The van der Waals surface area contributed by atoms with Gasteiger partial charge in [-0.1, -0.05) is 36.4 Å². The third kappa shape index (κ3) is 2.60. The molecule has 12 heavy (non-hydrogen) atoms. The van der Waals surface area contributed by atoms with E-state index in [9.17, 15) is 0 Å². The maximum absolute atomic E-state index is 3.81. The van der Waals surface area contributed by atoms with Crippen LogP contribution in [0.15, 0.2) is 11.1 Å². The van der Waals surface area contributed by atoms with Crippen molar-refractivity contribution in [3.05, 3.63) is 11.1 Å². The Morgan fingerprint density at radius 3 is 2.58 bits per heavy atom. The van der Waals surface area contributed by atoms with Crippen LogP contribution in [-0.4, -0.2) is 12.6 Å². The minimum atomic E-state index is 0.703. The first-order valence-electron chi connectivity index (χ1n) is 4.68. The lowest BCUT2D eigenvalue weighted by molar-refractivity contribution is 0.380. The van der Waals surface area contributed by atoms with E-state index in [0.717, 1.165) is 22.9 Å². The van der Waals surface area contributed by atoms with E-state index >= 15 is 0 Å². The molecular formula is C10H18BrN. The van der Waals surface area contributed by atoms with Crippen LogP contribution >= 0.6 is 15.9 Å². The highest BCUT2D eigenvalue weighted by molar-refractivity contribution is 9.11. The van der Waals surface area contributed by atoms with Gasteiger partial charge in [-0.25, -0.2) is 0 Å². The van der Waals surface area contributed by atoms with Gasteiger partial charge in [0.15, 0.2) is 0 Å². The van der Waals surface area contributed by atoms with Gasteiger partial charge < -0.3 is 5.32 Å². The summed E-state index contributed by atoms with van der Waals surface area (Å²) in [5.74, 6) is 1.70. The van der Waals surface area contributed by atoms with Crippen molar-refractivity contribution in [3.8, 4) is 0 Å². The molecule has 0 bridgehead atoms. The van der Waals surface area contributed by atoms with Crippen LogP contribution < -0.4 is 5.32 Å². The summed E-state index contributed by atoms with van der Waals surface area (Å²) in [6.45, 7) is 9.40. The summed E-state index contributed by atoms with van der Waals surface area (Å²) < 4.78 is 1.05. The predicted octanol–water partition coefficient (Wildman–Crippen LogP) is 2.92. The molecule has 1 nitrogen and oxygen atoms in total. The first-order valence-corrected chi connectivity index (χ1v) is 5.47. The molecule has 0 spiro atoms. The first-order chi connectivity index (χ1) is 5.61. The minimum Gasteiger partial charge on any atom is -0.309 e. The second-order valence-electron chi connectivity index (χ2n) is 3.92. The lowest BCUT2D eigenvalue weighted by atomic mass is 9.98. The Balaban J connectivity index is 2.29. The summed E-state index contributed by atoms with van der Waals surface area (Å²) in [5.41, 5.74) is 0. The fraction of sp³-hybridized carbons (Fsp3) is 0.800. The summed E-state index contributed by atoms with van der Waals surface area (Å²) in [5, 5.41) is 3.51. The average molecular weight is 232 g/mol. The molecule has 0 radical (unpaired) electrons. The lowest BCUT2D eigenvalue weighted by Crippen LogP contribution is -2.33. The zero-order valence-corrected chi connectivity index (χ0v) is 9.52. The van der Waals surface area contributed by atoms with E-state index in [1.165, 1.54) is 12.8 Å². The molecule has 0 aromatic heterocycles. The smallest absolute Gasteiger partial charge is 0.0268 e. The van der Waals surface area contributed by atoms with Gasteiger partial charge in [-0.2, -0.15) is 0 Å². The summed E-state index contributed by atoms with van der Waals surface area (Å²) in [6, 6.07) is 0.703. The average Bonchev–Trinajstić information content (AvgIpc) is 2.30. The summed E-state index contributed by atoms with van der Waals surface area (Å²) in [7, 11) is 0. The zero-order chi connectivity index (χ0) is 9.14. The second kappa shape index (κ2) is 4.43. The van der Waals surface area contributed by atoms with Gasteiger partial charge >= 0.3 is 0 Å². The normalized spacial score (nSPS) is 35.4. The molecule has 0 aromatic carbocycles.